The molecular weight excluding hydrogens is 272 g/mol. The van der Waals surface area contributed by atoms with Crippen molar-refractivity contribution in [2.24, 2.45) is 0 Å². The van der Waals surface area contributed by atoms with Gasteiger partial charge in [0.25, 0.3) is 0 Å². The van der Waals surface area contributed by atoms with Gasteiger partial charge in [0, 0.05) is 13.1 Å². The van der Waals surface area contributed by atoms with Crippen LogP contribution in [0.4, 0.5) is 4.79 Å². The summed E-state index contributed by atoms with van der Waals surface area (Å²) in [5.74, 6) is 0. The minimum Gasteiger partial charge on any atom is -0.338 e. The smallest absolute Gasteiger partial charge is 0.314 e. The third-order valence-corrected chi connectivity index (χ3v) is 3.72. The summed E-state index contributed by atoms with van der Waals surface area (Å²) in [6, 6.07) is 16.5. The monoisotopic (exact) mass is 296 g/mol. The third-order valence-electron chi connectivity index (χ3n) is 3.72. The fourth-order valence-corrected chi connectivity index (χ4v) is 2.46. The quantitative estimate of drug-likeness (QED) is 0.843. The van der Waals surface area contributed by atoms with Crippen LogP contribution in [0, 0.1) is 13.8 Å². The number of urea groups is 1. The molecule has 0 bridgehead atoms. The molecule has 0 unspecified atom stereocenters. The summed E-state index contributed by atoms with van der Waals surface area (Å²) in [6.45, 7) is 5.51. The molecule has 3 heteroatoms. The maximum absolute atomic E-state index is 11.7. The van der Waals surface area contributed by atoms with E-state index < -0.39 is 0 Å². The van der Waals surface area contributed by atoms with Gasteiger partial charge in [0.15, 0.2) is 0 Å². The van der Waals surface area contributed by atoms with Crippen molar-refractivity contribution in [1.29, 1.82) is 0 Å². The Hall–Kier alpha value is -2.29. The zero-order valence-electron chi connectivity index (χ0n) is 13.4. The van der Waals surface area contributed by atoms with Gasteiger partial charge in [-0.3, -0.25) is 0 Å². The molecule has 2 aromatic rings. The highest BCUT2D eigenvalue weighted by Gasteiger charge is 2.02. The lowest BCUT2D eigenvalue weighted by Crippen LogP contribution is -2.37. The van der Waals surface area contributed by atoms with Crippen LogP contribution in [-0.2, 0) is 12.8 Å². The molecule has 0 atom stereocenters. The van der Waals surface area contributed by atoms with Crippen LogP contribution >= 0.6 is 0 Å². The normalized spacial score (nSPS) is 10.3. The van der Waals surface area contributed by atoms with Crippen molar-refractivity contribution in [2.45, 2.75) is 26.7 Å². The van der Waals surface area contributed by atoms with Crippen molar-refractivity contribution < 1.29 is 4.79 Å². The Morgan fingerprint density at radius 2 is 1.59 bits per heavy atom. The molecule has 0 radical (unpaired) electrons. The van der Waals surface area contributed by atoms with Gasteiger partial charge in [-0.1, -0.05) is 54.1 Å². The third kappa shape index (κ3) is 5.24. The van der Waals surface area contributed by atoms with Crippen LogP contribution in [0.1, 0.15) is 22.3 Å². The van der Waals surface area contributed by atoms with Crippen LogP contribution in [-0.4, -0.2) is 19.1 Å². The average molecular weight is 296 g/mol. The van der Waals surface area contributed by atoms with E-state index in [1.807, 2.05) is 18.2 Å². The molecule has 2 N–H and O–H groups in total. The maximum Gasteiger partial charge on any atom is 0.314 e. The Morgan fingerprint density at radius 1 is 0.909 bits per heavy atom. The number of aryl methyl sites for hydroxylation is 2. The Kier molecular flexibility index (Phi) is 6.01. The summed E-state index contributed by atoms with van der Waals surface area (Å²) >= 11 is 0. The van der Waals surface area contributed by atoms with Crippen LogP contribution in [0.15, 0.2) is 48.5 Å². The Bertz CT molecular complexity index is 608. The summed E-state index contributed by atoms with van der Waals surface area (Å²) in [5.41, 5.74) is 5.08. The number of hydrogen-bond acceptors (Lipinski definition) is 1. The first-order chi connectivity index (χ1) is 10.6. The Balaban J connectivity index is 1.65. The summed E-state index contributed by atoms with van der Waals surface area (Å²) in [7, 11) is 0. The first-order valence-corrected chi connectivity index (χ1v) is 7.77. The molecule has 22 heavy (non-hydrogen) atoms. The van der Waals surface area contributed by atoms with E-state index in [1.54, 1.807) is 0 Å². The largest absolute Gasteiger partial charge is 0.338 e. The lowest BCUT2D eigenvalue weighted by molar-refractivity contribution is 0.241. The van der Waals surface area contributed by atoms with Crippen molar-refractivity contribution in [3.63, 3.8) is 0 Å². The zero-order chi connectivity index (χ0) is 15.8. The van der Waals surface area contributed by atoms with Gasteiger partial charge in [-0.25, -0.2) is 4.79 Å². The molecule has 2 rings (SSSR count). The zero-order valence-corrected chi connectivity index (χ0v) is 13.4. The molecule has 2 aromatic carbocycles. The van der Waals surface area contributed by atoms with Gasteiger partial charge in [-0.05, 0) is 43.4 Å². The van der Waals surface area contributed by atoms with Gasteiger partial charge in [0.05, 0.1) is 0 Å². The van der Waals surface area contributed by atoms with E-state index in [4.69, 9.17) is 0 Å². The van der Waals surface area contributed by atoms with Crippen LogP contribution in [0.5, 0.6) is 0 Å². The fraction of sp³-hybridized carbons (Fsp3) is 0.316. The summed E-state index contributed by atoms with van der Waals surface area (Å²) < 4.78 is 0. The molecule has 0 aromatic heterocycles. The van der Waals surface area contributed by atoms with E-state index >= 15 is 0 Å². The van der Waals surface area contributed by atoms with E-state index in [1.165, 1.54) is 22.3 Å². The summed E-state index contributed by atoms with van der Waals surface area (Å²) in [6.07, 6.45) is 1.71. The highest BCUT2D eigenvalue weighted by Crippen LogP contribution is 2.10. The van der Waals surface area contributed by atoms with Crippen LogP contribution in [0.3, 0.4) is 0 Å². The van der Waals surface area contributed by atoms with Gasteiger partial charge >= 0.3 is 6.03 Å². The fourth-order valence-electron chi connectivity index (χ4n) is 2.46. The molecule has 116 valence electrons. The van der Waals surface area contributed by atoms with Crippen LogP contribution in [0.2, 0.25) is 0 Å². The predicted molar refractivity (Wildman–Crippen MR) is 91.2 cm³/mol. The van der Waals surface area contributed by atoms with Crippen molar-refractivity contribution in [1.82, 2.24) is 10.6 Å². The first kappa shape index (κ1) is 16.1. The molecular formula is C19H24N2O. The molecule has 3 nitrogen and oxygen atoms in total. The van der Waals surface area contributed by atoms with Gasteiger partial charge in [-0.2, -0.15) is 0 Å². The number of nitrogens with one attached hydrogen (secondary N) is 2. The molecule has 0 saturated heterocycles. The molecule has 0 fully saturated rings. The van der Waals surface area contributed by atoms with E-state index in [0.717, 1.165) is 12.8 Å². The minimum absolute atomic E-state index is 0.0966. The number of rotatable bonds is 6. The molecule has 0 saturated carbocycles. The van der Waals surface area contributed by atoms with E-state index in [9.17, 15) is 4.79 Å². The summed E-state index contributed by atoms with van der Waals surface area (Å²) in [4.78, 5) is 11.7. The van der Waals surface area contributed by atoms with Gasteiger partial charge in [0.1, 0.15) is 0 Å². The standard InChI is InChI=1S/C19H24N2O/c1-15-8-9-18(16(2)14-15)11-13-21-19(22)20-12-10-17-6-4-3-5-7-17/h3-9,14H,10-13H2,1-2H3,(H2,20,21,22). The van der Waals surface area contributed by atoms with Gasteiger partial charge in [0.2, 0.25) is 0 Å². The Morgan fingerprint density at radius 3 is 2.27 bits per heavy atom. The van der Waals surface area contributed by atoms with E-state index in [-0.39, 0.29) is 6.03 Å². The van der Waals surface area contributed by atoms with Gasteiger partial charge < -0.3 is 10.6 Å². The van der Waals surface area contributed by atoms with Crippen molar-refractivity contribution in [3.8, 4) is 0 Å². The number of amides is 2. The topological polar surface area (TPSA) is 41.1 Å². The minimum atomic E-state index is -0.0966. The molecule has 0 aliphatic heterocycles. The first-order valence-electron chi connectivity index (χ1n) is 7.77. The lowest BCUT2D eigenvalue weighted by atomic mass is 10.0. The van der Waals surface area contributed by atoms with E-state index in [0.29, 0.717) is 13.1 Å². The van der Waals surface area contributed by atoms with Crippen LogP contribution < -0.4 is 10.6 Å². The van der Waals surface area contributed by atoms with Gasteiger partial charge in [-0.15, -0.1) is 0 Å². The highest BCUT2D eigenvalue weighted by molar-refractivity contribution is 5.73. The summed E-state index contributed by atoms with van der Waals surface area (Å²) in [5, 5.41) is 5.80. The number of hydrogen-bond donors (Lipinski definition) is 2. The van der Waals surface area contributed by atoms with Crippen LogP contribution in [0.25, 0.3) is 0 Å². The van der Waals surface area contributed by atoms with E-state index in [2.05, 4.69) is 54.8 Å². The van der Waals surface area contributed by atoms with Crippen molar-refractivity contribution >= 4 is 6.03 Å². The molecule has 0 spiro atoms. The number of carbonyl (C=O) groups excluding carboxylic acids is 1. The maximum atomic E-state index is 11.7. The molecule has 0 aliphatic carbocycles. The highest BCUT2D eigenvalue weighted by atomic mass is 16.2. The Labute approximate surface area is 132 Å². The molecule has 2 amide bonds. The molecule has 0 aliphatic rings. The van der Waals surface area contributed by atoms with Crippen molar-refractivity contribution in [3.05, 3.63) is 70.8 Å². The predicted octanol–water partition coefficient (Wildman–Crippen LogP) is 3.39. The number of benzene rings is 2. The lowest BCUT2D eigenvalue weighted by Gasteiger charge is -2.09. The SMILES string of the molecule is Cc1ccc(CCNC(=O)NCCc2ccccc2)c(C)c1. The molecule has 0 heterocycles. The second-order valence-corrected chi connectivity index (χ2v) is 5.60. The second kappa shape index (κ2) is 8.23. The average Bonchev–Trinajstić information content (AvgIpc) is 2.50. The van der Waals surface area contributed by atoms with Crippen molar-refractivity contribution in [2.75, 3.05) is 13.1 Å². The number of carbonyl (C=O) groups is 1. The second-order valence-electron chi connectivity index (χ2n) is 5.60.